The van der Waals surface area contributed by atoms with E-state index in [2.05, 4.69) is 10.3 Å². The number of hydrogen-bond donors (Lipinski definition) is 2. The van der Waals surface area contributed by atoms with Gasteiger partial charge in [-0.3, -0.25) is 9.59 Å². The van der Waals surface area contributed by atoms with Crippen LogP contribution in [0.25, 0.3) is 10.8 Å². The Balaban J connectivity index is 1.87. The highest BCUT2D eigenvalue weighted by Crippen LogP contribution is 2.31. The van der Waals surface area contributed by atoms with E-state index < -0.39 is 12.0 Å². The quantitative estimate of drug-likeness (QED) is 0.791. The van der Waals surface area contributed by atoms with Crippen molar-refractivity contribution in [2.45, 2.75) is 19.1 Å². The lowest BCUT2D eigenvalue weighted by molar-refractivity contribution is -0.128. The van der Waals surface area contributed by atoms with Gasteiger partial charge in [0, 0.05) is 24.6 Å². The van der Waals surface area contributed by atoms with Gasteiger partial charge in [0.05, 0.1) is 18.7 Å². The SMILES string of the molecule is COc1cc2c(OC[C@H]3NC(=O)[C@@H](OC)[C@H]3C)nccc2cc1C(N)=O. The van der Waals surface area contributed by atoms with Crippen molar-refractivity contribution in [3.05, 3.63) is 30.0 Å². The molecule has 3 N–H and O–H groups in total. The van der Waals surface area contributed by atoms with Crippen LogP contribution in [0, 0.1) is 5.92 Å². The van der Waals surface area contributed by atoms with E-state index in [4.69, 9.17) is 19.9 Å². The summed E-state index contributed by atoms with van der Waals surface area (Å²) in [6.07, 6.45) is 1.10. The molecule has 1 aliphatic rings. The minimum atomic E-state index is -0.573. The number of pyridine rings is 1. The number of methoxy groups -OCH3 is 2. The van der Waals surface area contributed by atoms with Gasteiger partial charge in [-0.1, -0.05) is 6.92 Å². The molecule has 3 atom stereocenters. The molecule has 2 amide bonds. The average Bonchev–Trinajstić information content (AvgIpc) is 2.91. The maximum absolute atomic E-state index is 11.9. The molecule has 1 fully saturated rings. The van der Waals surface area contributed by atoms with Crippen molar-refractivity contribution >= 4 is 22.6 Å². The average molecular weight is 359 g/mol. The molecule has 0 radical (unpaired) electrons. The summed E-state index contributed by atoms with van der Waals surface area (Å²) in [7, 11) is 2.98. The third-order valence-corrected chi connectivity index (χ3v) is 4.67. The number of ether oxygens (including phenoxy) is 3. The van der Waals surface area contributed by atoms with Crippen LogP contribution in [0.4, 0.5) is 0 Å². The molecule has 1 aliphatic heterocycles. The van der Waals surface area contributed by atoms with Gasteiger partial charge in [-0.15, -0.1) is 0 Å². The second-order valence-corrected chi connectivity index (χ2v) is 6.20. The number of nitrogens with one attached hydrogen (secondary N) is 1. The summed E-state index contributed by atoms with van der Waals surface area (Å²) in [5.41, 5.74) is 5.69. The molecular weight excluding hydrogens is 338 g/mol. The topological polar surface area (TPSA) is 113 Å². The molecule has 1 aromatic heterocycles. The molecule has 2 aromatic rings. The van der Waals surface area contributed by atoms with Crippen molar-refractivity contribution in [3.8, 4) is 11.6 Å². The molecule has 3 rings (SSSR count). The highest BCUT2D eigenvalue weighted by Gasteiger charge is 2.39. The lowest BCUT2D eigenvalue weighted by atomic mass is 10.0. The Kier molecular flexibility index (Phi) is 4.94. The van der Waals surface area contributed by atoms with E-state index in [1.165, 1.54) is 14.2 Å². The van der Waals surface area contributed by atoms with Crippen LogP contribution in [0.3, 0.4) is 0 Å². The molecule has 0 spiro atoms. The Morgan fingerprint density at radius 2 is 2.12 bits per heavy atom. The fourth-order valence-electron chi connectivity index (χ4n) is 3.18. The minimum Gasteiger partial charge on any atom is -0.496 e. The third-order valence-electron chi connectivity index (χ3n) is 4.67. The first-order chi connectivity index (χ1) is 12.5. The van der Waals surface area contributed by atoms with Crippen molar-refractivity contribution < 1.29 is 23.8 Å². The molecule has 26 heavy (non-hydrogen) atoms. The molecular formula is C18H21N3O5. The van der Waals surface area contributed by atoms with Crippen molar-refractivity contribution in [1.29, 1.82) is 0 Å². The van der Waals surface area contributed by atoms with Gasteiger partial charge in [-0.05, 0) is 23.6 Å². The van der Waals surface area contributed by atoms with Gasteiger partial charge in [0.25, 0.3) is 5.91 Å². The van der Waals surface area contributed by atoms with Crippen molar-refractivity contribution in [3.63, 3.8) is 0 Å². The molecule has 0 saturated carbocycles. The van der Waals surface area contributed by atoms with E-state index >= 15 is 0 Å². The van der Waals surface area contributed by atoms with E-state index in [1.807, 2.05) is 6.92 Å². The Hall–Kier alpha value is -2.87. The van der Waals surface area contributed by atoms with Gasteiger partial charge in [0.1, 0.15) is 18.5 Å². The molecule has 8 heteroatoms. The summed E-state index contributed by atoms with van der Waals surface area (Å²) in [5, 5.41) is 4.31. The largest absolute Gasteiger partial charge is 0.496 e. The lowest BCUT2D eigenvalue weighted by Gasteiger charge is -2.18. The van der Waals surface area contributed by atoms with E-state index in [9.17, 15) is 9.59 Å². The molecule has 1 aromatic carbocycles. The van der Waals surface area contributed by atoms with Gasteiger partial charge >= 0.3 is 0 Å². The standard InChI is InChI=1S/C18H21N3O5/c1-9-13(21-17(23)15(9)25-3)8-26-18-11-7-14(24-2)12(16(19)22)6-10(11)4-5-20-18/h4-7,9,13,15H,8H2,1-3H3,(H2,19,22)(H,21,23)/t9-,13+,15-/m0/s1. The van der Waals surface area contributed by atoms with Crippen LogP contribution in [0.1, 0.15) is 17.3 Å². The summed E-state index contributed by atoms with van der Waals surface area (Å²) >= 11 is 0. The first-order valence-corrected chi connectivity index (χ1v) is 8.18. The molecule has 2 heterocycles. The number of aromatic nitrogens is 1. The van der Waals surface area contributed by atoms with Gasteiger partial charge in [0.2, 0.25) is 11.8 Å². The molecule has 1 saturated heterocycles. The predicted octanol–water partition coefficient (Wildman–Crippen LogP) is 0.871. The first kappa shape index (κ1) is 17.9. The van der Waals surface area contributed by atoms with Gasteiger partial charge in [-0.2, -0.15) is 0 Å². The summed E-state index contributed by atoms with van der Waals surface area (Å²) in [6.45, 7) is 2.18. The second kappa shape index (κ2) is 7.17. The number of fused-ring (bicyclic) bond motifs is 1. The molecule has 0 aliphatic carbocycles. The normalized spacial score (nSPS) is 22.3. The van der Waals surface area contributed by atoms with Crippen LogP contribution in [0.2, 0.25) is 0 Å². The Labute approximate surface area is 150 Å². The highest BCUT2D eigenvalue weighted by atomic mass is 16.5. The summed E-state index contributed by atoms with van der Waals surface area (Å²) in [5.74, 6) is -0.00849. The third kappa shape index (κ3) is 3.15. The van der Waals surface area contributed by atoms with Crippen molar-refractivity contribution in [2.75, 3.05) is 20.8 Å². The monoisotopic (exact) mass is 359 g/mol. The van der Waals surface area contributed by atoms with Crippen LogP contribution in [0.5, 0.6) is 11.6 Å². The highest BCUT2D eigenvalue weighted by molar-refractivity contribution is 6.01. The number of benzene rings is 1. The Morgan fingerprint density at radius 1 is 1.35 bits per heavy atom. The lowest BCUT2D eigenvalue weighted by Crippen LogP contribution is -2.34. The number of nitrogens with two attached hydrogens (primary N) is 1. The zero-order valence-corrected chi connectivity index (χ0v) is 14.8. The predicted molar refractivity (Wildman–Crippen MR) is 94.2 cm³/mol. The van der Waals surface area contributed by atoms with E-state index in [0.29, 0.717) is 17.0 Å². The fraction of sp³-hybridized carbons (Fsp3) is 0.389. The number of primary amides is 1. The number of carbonyl (C=O) groups excluding carboxylic acids is 2. The number of carbonyl (C=O) groups is 2. The zero-order chi connectivity index (χ0) is 18.8. The van der Waals surface area contributed by atoms with Gasteiger partial charge in [0.15, 0.2) is 0 Å². The first-order valence-electron chi connectivity index (χ1n) is 8.18. The number of nitrogens with zero attached hydrogens (tertiary/aromatic N) is 1. The second-order valence-electron chi connectivity index (χ2n) is 6.20. The number of amides is 2. The van der Waals surface area contributed by atoms with Crippen molar-refractivity contribution in [2.24, 2.45) is 11.7 Å². The van der Waals surface area contributed by atoms with Crippen LogP contribution in [-0.4, -0.2) is 49.8 Å². The van der Waals surface area contributed by atoms with Crippen molar-refractivity contribution in [1.82, 2.24) is 10.3 Å². The van der Waals surface area contributed by atoms with E-state index in [-0.39, 0.29) is 30.0 Å². The number of hydrogen-bond acceptors (Lipinski definition) is 6. The summed E-state index contributed by atoms with van der Waals surface area (Å²) in [6, 6.07) is 4.89. The summed E-state index contributed by atoms with van der Waals surface area (Å²) in [4.78, 5) is 27.7. The van der Waals surface area contributed by atoms with Crippen LogP contribution in [0.15, 0.2) is 24.4 Å². The maximum atomic E-state index is 11.9. The molecule has 8 nitrogen and oxygen atoms in total. The van der Waals surface area contributed by atoms with E-state index in [1.54, 1.807) is 24.4 Å². The number of rotatable bonds is 6. The van der Waals surface area contributed by atoms with Gasteiger partial charge < -0.3 is 25.3 Å². The Morgan fingerprint density at radius 3 is 2.73 bits per heavy atom. The molecule has 0 unspecified atom stereocenters. The van der Waals surface area contributed by atoms with Crippen LogP contribution < -0.4 is 20.5 Å². The maximum Gasteiger partial charge on any atom is 0.252 e. The van der Waals surface area contributed by atoms with Crippen LogP contribution in [-0.2, 0) is 9.53 Å². The van der Waals surface area contributed by atoms with Gasteiger partial charge in [-0.25, -0.2) is 4.98 Å². The molecule has 0 bridgehead atoms. The summed E-state index contributed by atoms with van der Waals surface area (Å²) < 4.78 is 16.3. The van der Waals surface area contributed by atoms with E-state index in [0.717, 1.165) is 5.39 Å². The zero-order valence-electron chi connectivity index (χ0n) is 14.8. The van der Waals surface area contributed by atoms with Crippen LogP contribution >= 0.6 is 0 Å². The smallest absolute Gasteiger partial charge is 0.252 e. The minimum absolute atomic E-state index is 0.0292. The fourth-order valence-corrected chi connectivity index (χ4v) is 3.18. The molecule has 138 valence electrons. The Bertz CT molecular complexity index is 854.